The minimum atomic E-state index is -0.745. The molecule has 0 fully saturated rings. The Balaban J connectivity index is 1.55. The molecule has 1 aliphatic heterocycles. The van der Waals surface area contributed by atoms with Gasteiger partial charge in [0.1, 0.15) is 11.8 Å². The van der Waals surface area contributed by atoms with Crippen LogP contribution in [0.3, 0.4) is 0 Å². The molecule has 1 heterocycles. The summed E-state index contributed by atoms with van der Waals surface area (Å²) in [5, 5.41) is 16.3. The van der Waals surface area contributed by atoms with Gasteiger partial charge in [0.05, 0.1) is 13.2 Å². The number of aliphatic hydroxyl groups excluding tert-OH is 1. The highest BCUT2D eigenvalue weighted by Crippen LogP contribution is 2.29. The number of fused-ring (bicyclic) bond motifs is 1. The first-order valence-corrected chi connectivity index (χ1v) is 8.03. The number of para-hydroxylation sites is 1. The SMILES string of the molecule is COc1ccc(C(O)CNC(=O)C2Cc3cccc(C)c3N2)cc1. The normalized spacial score (nSPS) is 16.9. The van der Waals surface area contributed by atoms with E-state index in [1.165, 1.54) is 0 Å². The van der Waals surface area contributed by atoms with Crippen molar-refractivity contribution >= 4 is 11.6 Å². The summed E-state index contributed by atoms with van der Waals surface area (Å²) in [5.41, 5.74) is 4.09. The average molecular weight is 326 g/mol. The predicted octanol–water partition coefficient (Wildman–Crippen LogP) is 2.19. The first-order chi connectivity index (χ1) is 11.6. The van der Waals surface area contributed by atoms with E-state index in [9.17, 15) is 9.90 Å². The van der Waals surface area contributed by atoms with Crippen molar-refractivity contribution in [3.63, 3.8) is 0 Å². The monoisotopic (exact) mass is 326 g/mol. The molecule has 5 nitrogen and oxygen atoms in total. The van der Waals surface area contributed by atoms with Crippen LogP contribution in [0.25, 0.3) is 0 Å². The van der Waals surface area contributed by atoms with Crippen molar-refractivity contribution in [2.75, 3.05) is 19.0 Å². The molecular formula is C19H22N2O3. The Hall–Kier alpha value is -2.53. The fourth-order valence-corrected chi connectivity index (χ4v) is 2.97. The maximum absolute atomic E-state index is 12.4. The lowest BCUT2D eigenvalue weighted by Crippen LogP contribution is -2.40. The van der Waals surface area contributed by atoms with Crippen LogP contribution in [0, 0.1) is 6.92 Å². The number of carbonyl (C=O) groups is 1. The predicted molar refractivity (Wildman–Crippen MR) is 93.3 cm³/mol. The number of carbonyl (C=O) groups excluding carboxylic acids is 1. The van der Waals surface area contributed by atoms with Crippen LogP contribution in [0.4, 0.5) is 5.69 Å². The minimum Gasteiger partial charge on any atom is -0.497 e. The molecule has 0 aliphatic carbocycles. The van der Waals surface area contributed by atoms with E-state index in [0.29, 0.717) is 6.42 Å². The molecule has 2 aromatic rings. The number of aryl methyl sites for hydroxylation is 1. The van der Waals surface area contributed by atoms with E-state index in [1.54, 1.807) is 31.4 Å². The number of rotatable bonds is 5. The third kappa shape index (κ3) is 3.36. The van der Waals surface area contributed by atoms with Crippen molar-refractivity contribution in [1.82, 2.24) is 5.32 Å². The lowest BCUT2D eigenvalue weighted by molar-refractivity contribution is -0.122. The molecule has 24 heavy (non-hydrogen) atoms. The van der Waals surface area contributed by atoms with Crippen LogP contribution in [-0.4, -0.2) is 30.7 Å². The van der Waals surface area contributed by atoms with E-state index in [1.807, 2.05) is 25.1 Å². The molecule has 1 aliphatic rings. The number of amides is 1. The Labute approximate surface area is 141 Å². The Kier molecular flexibility index (Phi) is 4.71. The van der Waals surface area contributed by atoms with Crippen LogP contribution in [0.1, 0.15) is 22.8 Å². The maximum atomic E-state index is 12.4. The summed E-state index contributed by atoms with van der Waals surface area (Å²) in [7, 11) is 1.60. The molecule has 3 N–H and O–H groups in total. The zero-order valence-corrected chi connectivity index (χ0v) is 13.9. The van der Waals surface area contributed by atoms with Gasteiger partial charge in [0.25, 0.3) is 0 Å². The number of hydrogen-bond acceptors (Lipinski definition) is 4. The summed E-state index contributed by atoms with van der Waals surface area (Å²) in [6.07, 6.45) is -0.0769. The quantitative estimate of drug-likeness (QED) is 0.788. The number of benzene rings is 2. The van der Waals surface area contributed by atoms with Crippen LogP contribution in [0.5, 0.6) is 5.75 Å². The third-order valence-corrected chi connectivity index (χ3v) is 4.39. The molecule has 2 aromatic carbocycles. The third-order valence-electron chi connectivity index (χ3n) is 4.39. The average Bonchev–Trinajstić information content (AvgIpc) is 3.05. The second kappa shape index (κ2) is 6.93. The fourth-order valence-electron chi connectivity index (χ4n) is 2.97. The van der Waals surface area contributed by atoms with E-state index in [4.69, 9.17) is 4.74 Å². The van der Waals surface area contributed by atoms with Gasteiger partial charge in [0.15, 0.2) is 0 Å². The molecule has 0 spiro atoms. The van der Waals surface area contributed by atoms with Gasteiger partial charge in [-0.15, -0.1) is 0 Å². The molecule has 2 atom stereocenters. The number of ether oxygens (including phenoxy) is 1. The van der Waals surface area contributed by atoms with Gasteiger partial charge < -0.3 is 20.5 Å². The summed E-state index contributed by atoms with van der Waals surface area (Å²) in [5.74, 6) is 0.636. The van der Waals surface area contributed by atoms with Crippen molar-refractivity contribution in [3.05, 3.63) is 59.2 Å². The molecule has 126 valence electrons. The van der Waals surface area contributed by atoms with Gasteiger partial charge >= 0.3 is 0 Å². The van der Waals surface area contributed by atoms with E-state index in [2.05, 4.69) is 10.6 Å². The Morgan fingerprint density at radius 2 is 2.08 bits per heavy atom. The molecule has 0 radical (unpaired) electrons. The van der Waals surface area contributed by atoms with Crippen LogP contribution in [0.15, 0.2) is 42.5 Å². The van der Waals surface area contributed by atoms with Crippen LogP contribution >= 0.6 is 0 Å². The number of methoxy groups -OCH3 is 1. The topological polar surface area (TPSA) is 70.6 Å². The molecule has 1 amide bonds. The van der Waals surface area contributed by atoms with E-state index >= 15 is 0 Å². The summed E-state index contributed by atoms with van der Waals surface area (Å²) < 4.78 is 5.10. The van der Waals surface area contributed by atoms with Gasteiger partial charge in [-0.1, -0.05) is 30.3 Å². The highest BCUT2D eigenvalue weighted by Gasteiger charge is 2.27. The molecule has 3 rings (SSSR count). The van der Waals surface area contributed by atoms with Gasteiger partial charge in [-0.2, -0.15) is 0 Å². The van der Waals surface area contributed by atoms with Gasteiger partial charge in [-0.05, 0) is 35.7 Å². The van der Waals surface area contributed by atoms with Crippen molar-refractivity contribution in [2.24, 2.45) is 0 Å². The van der Waals surface area contributed by atoms with Crippen LogP contribution in [0.2, 0.25) is 0 Å². The van der Waals surface area contributed by atoms with Crippen molar-refractivity contribution in [2.45, 2.75) is 25.5 Å². The van der Waals surface area contributed by atoms with Gasteiger partial charge in [-0.3, -0.25) is 4.79 Å². The van der Waals surface area contributed by atoms with E-state index < -0.39 is 6.10 Å². The summed E-state index contributed by atoms with van der Waals surface area (Å²) in [4.78, 5) is 12.4. The first-order valence-electron chi connectivity index (χ1n) is 8.03. The lowest BCUT2D eigenvalue weighted by Gasteiger charge is -2.16. The molecule has 0 bridgehead atoms. The van der Waals surface area contributed by atoms with Crippen molar-refractivity contribution in [1.29, 1.82) is 0 Å². The van der Waals surface area contributed by atoms with Gasteiger partial charge in [-0.25, -0.2) is 0 Å². The molecule has 2 unspecified atom stereocenters. The Bertz CT molecular complexity index is 728. The Morgan fingerprint density at radius 1 is 1.33 bits per heavy atom. The molecular weight excluding hydrogens is 304 g/mol. The molecule has 5 heteroatoms. The second-order valence-electron chi connectivity index (χ2n) is 6.04. The number of anilines is 1. The standard InChI is InChI=1S/C19H22N2O3/c1-12-4-3-5-14-10-16(21-18(12)14)19(23)20-11-17(22)13-6-8-15(24-2)9-7-13/h3-9,16-17,21-22H,10-11H2,1-2H3,(H,20,23). The summed E-state index contributed by atoms with van der Waals surface area (Å²) >= 11 is 0. The Morgan fingerprint density at radius 3 is 2.75 bits per heavy atom. The zero-order chi connectivity index (χ0) is 17.1. The van der Waals surface area contributed by atoms with Crippen molar-refractivity contribution in [3.8, 4) is 5.75 Å². The van der Waals surface area contributed by atoms with Crippen LogP contribution in [-0.2, 0) is 11.2 Å². The number of aliphatic hydroxyl groups is 1. The molecule has 0 aromatic heterocycles. The smallest absolute Gasteiger partial charge is 0.242 e. The maximum Gasteiger partial charge on any atom is 0.242 e. The van der Waals surface area contributed by atoms with Crippen molar-refractivity contribution < 1.29 is 14.6 Å². The van der Waals surface area contributed by atoms with Gasteiger partial charge in [0.2, 0.25) is 5.91 Å². The summed E-state index contributed by atoms with van der Waals surface area (Å²) in [6, 6.07) is 12.9. The largest absolute Gasteiger partial charge is 0.497 e. The molecule has 0 saturated heterocycles. The van der Waals surface area contributed by atoms with E-state index in [0.717, 1.165) is 28.1 Å². The van der Waals surface area contributed by atoms with Crippen LogP contribution < -0.4 is 15.4 Å². The molecule has 0 saturated carbocycles. The summed E-state index contributed by atoms with van der Waals surface area (Å²) in [6.45, 7) is 2.21. The lowest BCUT2D eigenvalue weighted by atomic mass is 10.1. The highest BCUT2D eigenvalue weighted by atomic mass is 16.5. The number of nitrogens with one attached hydrogen (secondary N) is 2. The second-order valence-corrected chi connectivity index (χ2v) is 6.04. The first kappa shape index (κ1) is 16.3. The highest BCUT2D eigenvalue weighted by molar-refractivity contribution is 5.87. The minimum absolute atomic E-state index is 0.0989. The number of hydrogen-bond donors (Lipinski definition) is 3. The zero-order valence-electron chi connectivity index (χ0n) is 13.9. The fraction of sp³-hybridized carbons (Fsp3) is 0.316. The van der Waals surface area contributed by atoms with Gasteiger partial charge in [0, 0.05) is 18.7 Å². The van der Waals surface area contributed by atoms with E-state index in [-0.39, 0.29) is 18.5 Å².